The lowest BCUT2D eigenvalue weighted by Crippen LogP contribution is -2.47. The third kappa shape index (κ3) is 4.33. The van der Waals surface area contributed by atoms with Gasteiger partial charge in [-0.1, -0.05) is 29.3 Å². The normalized spacial score (nSPS) is 23.0. The zero-order valence-electron chi connectivity index (χ0n) is 12.1. The first-order valence-corrected chi connectivity index (χ1v) is 7.94. The third-order valence-electron chi connectivity index (χ3n) is 4.02. The minimum atomic E-state index is -0.102. The van der Waals surface area contributed by atoms with Crippen LogP contribution in [0, 0.1) is 5.92 Å². The van der Waals surface area contributed by atoms with E-state index in [1.807, 2.05) is 0 Å². The quantitative estimate of drug-likeness (QED) is 0.892. The van der Waals surface area contributed by atoms with Crippen molar-refractivity contribution in [3.63, 3.8) is 0 Å². The van der Waals surface area contributed by atoms with Crippen LogP contribution in [0.5, 0.6) is 0 Å². The van der Waals surface area contributed by atoms with Crippen molar-refractivity contribution in [1.82, 2.24) is 4.90 Å². The molecule has 1 aliphatic heterocycles. The van der Waals surface area contributed by atoms with Crippen molar-refractivity contribution >= 4 is 34.8 Å². The van der Waals surface area contributed by atoms with Gasteiger partial charge < -0.3 is 11.1 Å². The highest BCUT2D eigenvalue weighted by Crippen LogP contribution is 2.30. The molecule has 3 N–H and O–H groups in total. The maximum absolute atomic E-state index is 12.2. The van der Waals surface area contributed by atoms with Crippen molar-refractivity contribution in [2.24, 2.45) is 11.7 Å². The molecule has 0 saturated carbocycles. The molecule has 1 fully saturated rings. The molecule has 1 aromatic rings. The summed E-state index contributed by atoms with van der Waals surface area (Å²) in [4.78, 5) is 14.4. The molecule has 1 heterocycles. The Morgan fingerprint density at radius 2 is 2.05 bits per heavy atom. The van der Waals surface area contributed by atoms with Crippen LogP contribution < -0.4 is 11.1 Å². The maximum atomic E-state index is 12.2. The lowest BCUT2D eigenvalue weighted by atomic mass is 9.93. The Balaban J connectivity index is 1.98. The molecule has 0 bridgehead atoms. The van der Waals surface area contributed by atoms with Crippen LogP contribution >= 0.6 is 23.2 Å². The monoisotopic (exact) mass is 329 g/mol. The average molecular weight is 330 g/mol. The van der Waals surface area contributed by atoms with E-state index in [0.717, 1.165) is 19.4 Å². The molecule has 116 valence electrons. The van der Waals surface area contributed by atoms with E-state index in [-0.39, 0.29) is 5.91 Å². The maximum Gasteiger partial charge on any atom is 0.238 e. The number of halogens is 2. The first-order valence-electron chi connectivity index (χ1n) is 7.19. The fraction of sp³-hybridized carbons (Fsp3) is 0.533. The first kappa shape index (κ1) is 16.6. The zero-order chi connectivity index (χ0) is 15.4. The predicted octanol–water partition coefficient (Wildman–Crippen LogP) is 2.99. The molecule has 6 heteroatoms. The molecule has 1 aliphatic rings. The number of carbonyl (C=O) groups excluding carboxylic acids is 1. The summed E-state index contributed by atoms with van der Waals surface area (Å²) in [7, 11) is 0. The summed E-state index contributed by atoms with van der Waals surface area (Å²) in [5.74, 6) is 0.368. The van der Waals surface area contributed by atoms with E-state index < -0.39 is 0 Å². The Morgan fingerprint density at radius 1 is 1.38 bits per heavy atom. The van der Waals surface area contributed by atoms with Gasteiger partial charge in [-0.05, 0) is 44.4 Å². The Kier molecular flexibility index (Phi) is 5.88. The van der Waals surface area contributed by atoms with Gasteiger partial charge in [-0.15, -0.1) is 0 Å². The molecule has 1 aromatic carbocycles. The first-order chi connectivity index (χ1) is 10.0. The minimum Gasteiger partial charge on any atom is -0.330 e. The van der Waals surface area contributed by atoms with Crippen molar-refractivity contribution < 1.29 is 4.79 Å². The molecule has 1 saturated heterocycles. The van der Waals surface area contributed by atoms with Crippen molar-refractivity contribution in [3.8, 4) is 0 Å². The summed E-state index contributed by atoms with van der Waals surface area (Å²) in [6.07, 6.45) is 2.20. The number of anilines is 1. The Hall–Kier alpha value is -0.810. The standard InChI is InChI=1S/C15H21Cl2N3O/c1-10-5-6-11(7-18)8-20(10)9-14(21)19-15-12(16)3-2-4-13(15)17/h2-4,10-11H,5-9,18H2,1H3,(H,19,21). The smallest absolute Gasteiger partial charge is 0.238 e. The number of hydrogen-bond acceptors (Lipinski definition) is 3. The van der Waals surface area contributed by atoms with Gasteiger partial charge in [0.15, 0.2) is 0 Å². The molecule has 21 heavy (non-hydrogen) atoms. The van der Waals surface area contributed by atoms with Crippen LogP contribution in [0.2, 0.25) is 10.0 Å². The van der Waals surface area contributed by atoms with Crippen LogP contribution in [0.1, 0.15) is 19.8 Å². The van der Waals surface area contributed by atoms with Crippen molar-refractivity contribution in [1.29, 1.82) is 0 Å². The largest absolute Gasteiger partial charge is 0.330 e. The summed E-state index contributed by atoms with van der Waals surface area (Å²) >= 11 is 12.1. The lowest BCUT2D eigenvalue weighted by Gasteiger charge is -2.37. The van der Waals surface area contributed by atoms with Crippen LogP contribution in [-0.4, -0.2) is 36.5 Å². The second-order valence-corrected chi connectivity index (χ2v) is 6.42. The van der Waals surface area contributed by atoms with Gasteiger partial charge in [0, 0.05) is 12.6 Å². The van der Waals surface area contributed by atoms with Gasteiger partial charge in [0.25, 0.3) is 0 Å². The second kappa shape index (κ2) is 7.45. The van der Waals surface area contributed by atoms with E-state index in [2.05, 4.69) is 17.1 Å². The Morgan fingerprint density at radius 3 is 2.67 bits per heavy atom. The lowest BCUT2D eigenvalue weighted by molar-refractivity contribution is -0.118. The number of amides is 1. The number of rotatable bonds is 4. The number of carbonyl (C=O) groups is 1. The van der Waals surface area contributed by atoms with Crippen molar-refractivity contribution in [2.75, 3.05) is 25.0 Å². The highest BCUT2D eigenvalue weighted by atomic mass is 35.5. The van der Waals surface area contributed by atoms with E-state index in [0.29, 0.717) is 40.8 Å². The van der Waals surface area contributed by atoms with E-state index >= 15 is 0 Å². The number of likely N-dealkylation sites (tertiary alicyclic amines) is 1. The van der Waals surface area contributed by atoms with E-state index in [9.17, 15) is 4.79 Å². The van der Waals surface area contributed by atoms with Gasteiger partial charge in [0.2, 0.25) is 5.91 Å². The van der Waals surface area contributed by atoms with Gasteiger partial charge in [0.05, 0.1) is 22.3 Å². The van der Waals surface area contributed by atoms with Gasteiger partial charge in [0.1, 0.15) is 0 Å². The van der Waals surface area contributed by atoms with Crippen molar-refractivity contribution in [2.45, 2.75) is 25.8 Å². The summed E-state index contributed by atoms with van der Waals surface area (Å²) in [6, 6.07) is 5.55. The van der Waals surface area contributed by atoms with Crippen LogP contribution in [0.3, 0.4) is 0 Å². The molecular weight excluding hydrogens is 309 g/mol. The Bertz CT molecular complexity index is 489. The number of hydrogen-bond donors (Lipinski definition) is 2. The topological polar surface area (TPSA) is 58.4 Å². The molecule has 2 unspecified atom stereocenters. The number of para-hydroxylation sites is 1. The molecule has 1 amide bonds. The Labute approximate surface area is 135 Å². The highest BCUT2D eigenvalue weighted by Gasteiger charge is 2.26. The molecule has 2 atom stereocenters. The van der Waals surface area contributed by atoms with E-state index in [1.54, 1.807) is 18.2 Å². The number of piperidine rings is 1. The summed E-state index contributed by atoms with van der Waals surface area (Å²) in [6.45, 7) is 4.00. The van der Waals surface area contributed by atoms with E-state index in [4.69, 9.17) is 28.9 Å². The summed E-state index contributed by atoms with van der Waals surface area (Å²) < 4.78 is 0. The average Bonchev–Trinajstić information content (AvgIpc) is 2.45. The van der Waals surface area contributed by atoms with Gasteiger partial charge in [-0.25, -0.2) is 0 Å². The van der Waals surface area contributed by atoms with Crippen LogP contribution in [0.4, 0.5) is 5.69 Å². The minimum absolute atomic E-state index is 0.102. The molecule has 4 nitrogen and oxygen atoms in total. The van der Waals surface area contributed by atoms with E-state index in [1.165, 1.54) is 0 Å². The SMILES string of the molecule is CC1CCC(CN)CN1CC(=O)Nc1c(Cl)cccc1Cl. The zero-order valence-corrected chi connectivity index (χ0v) is 13.6. The van der Waals surface area contributed by atoms with Crippen LogP contribution in [0.15, 0.2) is 18.2 Å². The number of nitrogens with one attached hydrogen (secondary N) is 1. The molecule has 0 radical (unpaired) electrons. The fourth-order valence-electron chi connectivity index (χ4n) is 2.66. The summed E-state index contributed by atoms with van der Waals surface area (Å²) in [5, 5.41) is 3.70. The molecule has 0 aromatic heterocycles. The molecule has 0 aliphatic carbocycles. The van der Waals surface area contributed by atoms with Crippen LogP contribution in [-0.2, 0) is 4.79 Å². The van der Waals surface area contributed by atoms with Crippen LogP contribution in [0.25, 0.3) is 0 Å². The second-order valence-electron chi connectivity index (χ2n) is 5.60. The van der Waals surface area contributed by atoms with Gasteiger partial charge in [-0.2, -0.15) is 0 Å². The van der Waals surface area contributed by atoms with Gasteiger partial charge in [-0.3, -0.25) is 9.69 Å². The third-order valence-corrected chi connectivity index (χ3v) is 4.65. The molecule has 2 rings (SSSR count). The fourth-order valence-corrected chi connectivity index (χ4v) is 3.15. The number of nitrogens with two attached hydrogens (primary N) is 1. The van der Waals surface area contributed by atoms with Gasteiger partial charge >= 0.3 is 0 Å². The summed E-state index contributed by atoms with van der Waals surface area (Å²) in [5.41, 5.74) is 6.22. The molecular formula is C15H21Cl2N3O. The number of benzene rings is 1. The van der Waals surface area contributed by atoms with Crippen molar-refractivity contribution in [3.05, 3.63) is 28.2 Å². The highest BCUT2D eigenvalue weighted by molar-refractivity contribution is 6.39. The predicted molar refractivity (Wildman–Crippen MR) is 87.9 cm³/mol. The molecule has 0 spiro atoms. The number of nitrogens with zero attached hydrogens (tertiary/aromatic N) is 1.